The van der Waals surface area contributed by atoms with E-state index >= 15 is 0 Å². The van der Waals surface area contributed by atoms with Crippen LogP contribution in [0.1, 0.15) is 50.7 Å². The molecule has 5 rings (SSSR count). The zero-order valence-electron chi connectivity index (χ0n) is 15.2. The van der Waals surface area contributed by atoms with Crippen LogP contribution in [0.5, 0.6) is 0 Å². The molecule has 0 amide bonds. The van der Waals surface area contributed by atoms with Crippen molar-refractivity contribution in [3.8, 4) is 0 Å². The molecule has 1 N–H and O–H groups in total. The molecule has 4 heteroatoms. The predicted molar refractivity (Wildman–Crippen MR) is 97.2 cm³/mol. The first-order chi connectivity index (χ1) is 12.4. The van der Waals surface area contributed by atoms with Crippen molar-refractivity contribution in [3.05, 3.63) is 24.2 Å². The van der Waals surface area contributed by atoms with Gasteiger partial charge in [0.15, 0.2) is 0 Å². The Hall–Kier alpha value is -0.840. The monoisotopic (exact) mass is 344 g/mol. The van der Waals surface area contributed by atoms with Gasteiger partial charge in [-0.3, -0.25) is 4.90 Å². The highest BCUT2D eigenvalue weighted by Crippen LogP contribution is 2.51. The molecule has 1 aromatic heterocycles. The van der Waals surface area contributed by atoms with Crippen LogP contribution in [0.15, 0.2) is 22.8 Å². The Labute approximate surface area is 151 Å². The predicted octanol–water partition coefficient (Wildman–Crippen LogP) is 3.43. The van der Waals surface area contributed by atoms with Crippen LogP contribution in [-0.4, -0.2) is 42.8 Å². The van der Waals surface area contributed by atoms with Gasteiger partial charge in [0.05, 0.1) is 18.9 Å². The number of hydrogen-bond acceptors (Lipinski definition) is 4. The number of ether oxygens (including phenoxy) is 1. The summed E-state index contributed by atoms with van der Waals surface area (Å²) in [4.78, 5) is 2.54. The van der Waals surface area contributed by atoms with E-state index in [9.17, 15) is 0 Å². The van der Waals surface area contributed by atoms with Gasteiger partial charge in [-0.05, 0) is 37.3 Å². The molecule has 0 aromatic carbocycles. The normalized spacial score (nSPS) is 37.3. The fourth-order valence-electron chi connectivity index (χ4n) is 6.04. The standard InChI is InChI=1S/C21H32N2O2/c1-2-5-15(4-1)19-20(18-9-13-25-21(18)19)22-16-7-10-23(11-8-16)14-17-6-3-12-24-17/h3,6,12,15-16,18-22H,1-2,4-5,7-11,13-14H2/t18-,19+,20-,21-/m0/s1. The Balaban J connectivity index is 1.15. The average molecular weight is 344 g/mol. The lowest BCUT2D eigenvalue weighted by molar-refractivity contribution is -0.0863. The summed E-state index contributed by atoms with van der Waals surface area (Å²) in [5.74, 6) is 3.62. The van der Waals surface area contributed by atoms with Gasteiger partial charge >= 0.3 is 0 Å². The van der Waals surface area contributed by atoms with Gasteiger partial charge in [0.25, 0.3) is 0 Å². The van der Waals surface area contributed by atoms with Crippen LogP contribution in [0.25, 0.3) is 0 Å². The van der Waals surface area contributed by atoms with Gasteiger partial charge in [-0.25, -0.2) is 0 Å². The lowest BCUT2D eigenvalue weighted by atomic mass is 9.61. The third-order valence-corrected chi connectivity index (χ3v) is 7.36. The Kier molecular flexibility index (Phi) is 4.61. The van der Waals surface area contributed by atoms with Crippen molar-refractivity contribution in [2.24, 2.45) is 17.8 Å². The summed E-state index contributed by atoms with van der Waals surface area (Å²) in [5.41, 5.74) is 0. The SMILES string of the molecule is c1coc(CN2CCC(N[C@H]3[C@@H]4CCO[C@@H]4[C@@H]3C3CCCC3)CC2)c1. The molecule has 4 aliphatic rings. The summed E-state index contributed by atoms with van der Waals surface area (Å²) in [7, 11) is 0. The third kappa shape index (κ3) is 3.17. The van der Waals surface area contributed by atoms with E-state index in [1.807, 2.05) is 6.07 Å². The highest BCUT2D eigenvalue weighted by Gasteiger charge is 2.56. The molecule has 4 fully saturated rings. The molecular formula is C21H32N2O2. The van der Waals surface area contributed by atoms with Crippen molar-refractivity contribution in [3.63, 3.8) is 0 Å². The van der Waals surface area contributed by atoms with Crippen molar-refractivity contribution < 1.29 is 9.15 Å². The summed E-state index contributed by atoms with van der Waals surface area (Å²) < 4.78 is 11.6. The number of hydrogen-bond donors (Lipinski definition) is 1. The number of piperidine rings is 1. The molecule has 0 bridgehead atoms. The molecule has 2 saturated carbocycles. The average Bonchev–Trinajstić information content (AvgIpc) is 3.37. The van der Waals surface area contributed by atoms with Crippen molar-refractivity contribution in [2.45, 2.75) is 69.7 Å². The lowest BCUT2D eigenvalue weighted by Gasteiger charge is -2.52. The van der Waals surface area contributed by atoms with Crippen LogP contribution in [0.3, 0.4) is 0 Å². The largest absolute Gasteiger partial charge is 0.468 e. The van der Waals surface area contributed by atoms with Gasteiger partial charge in [-0.1, -0.05) is 25.7 Å². The van der Waals surface area contributed by atoms with E-state index in [2.05, 4.69) is 16.3 Å². The van der Waals surface area contributed by atoms with E-state index in [0.29, 0.717) is 12.1 Å². The molecule has 2 aliphatic heterocycles. The van der Waals surface area contributed by atoms with E-state index in [0.717, 1.165) is 42.7 Å². The van der Waals surface area contributed by atoms with Gasteiger partial charge in [0.2, 0.25) is 0 Å². The van der Waals surface area contributed by atoms with Crippen molar-refractivity contribution >= 4 is 0 Å². The first kappa shape index (κ1) is 16.3. The number of nitrogens with zero attached hydrogens (tertiary/aromatic N) is 1. The maximum Gasteiger partial charge on any atom is 0.117 e. The maximum atomic E-state index is 6.11. The van der Waals surface area contributed by atoms with Crippen molar-refractivity contribution in [2.75, 3.05) is 19.7 Å². The second-order valence-electron chi connectivity index (χ2n) is 8.73. The summed E-state index contributed by atoms with van der Waals surface area (Å²) in [5, 5.41) is 4.10. The van der Waals surface area contributed by atoms with E-state index in [1.54, 1.807) is 6.26 Å². The molecule has 0 unspecified atom stereocenters. The highest BCUT2D eigenvalue weighted by molar-refractivity contribution is 5.09. The summed E-state index contributed by atoms with van der Waals surface area (Å²) >= 11 is 0. The van der Waals surface area contributed by atoms with Crippen LogP contribution in [-0.2, 0) is 11.3 Å². The molecule has 4 atom stereocenters. The number of likely N-dealkylation sites (tertiary alicyclic amines) is 1. The van der Waals surface area contributed by atoms with E-state index in [4.69, 9.17) is 9.15 Å². The van der Waals surface area contributed by atoms with Gasteiger partial charge in [0.1, 0.15) is 5.76 Å². The minimum absolute atomic E-state index is 0.583. The molecular weight excluding hydrogens is 312 g/mol. The van der Waals surface area contributed by atoms with Crippen molar-refractivity contribution in [1.82, 2.24) is 10.2 Å². The zero-order valence-corrected chi connectivity index (χ0v) is 15.2. The van der Waals surface area contributed by atoms with Crippen LogP contribution in [0, 0.1) is 17.8 Å². The van der Waals surface area contributed by atoms with Gasteiger partial charge in [0, 0.05) is 43.6 Å². The molecule has 0 spiro atoms. The molecule has 2 saturated heterocycles. The van der Waals surface area contributed by atoms with E-state index in [1.165, 1.54) is 58.0 Å². The Morgan fingerprint density at radius 1 is 1.08 bits per heavy atom. The fourth-order valence-corrected chi connectivity index (χ4v) is 6.04. The number of rotatable bonds is 5. The minimum Gasteiger partial charge on any atom is -0.468 e. The fraction of sp³-hybridized carbons (Fsp3) is 0.810. The maximum absolute atomic E-state index is 6.11. The molecule has 4 nitrogen and oxygen atoms in total. The van der Waals surface area contributed by atoms with Gasteiger partial charge in [-0.15, -0.1) is 0 Å². The van der Waals surface area contributed by atoms with Crippen molar-refractivity contribution in [1.29, 1.82) is 0 Å². The molecule has 138 valence electrons. The molecule has 3 heterocycles. The summed E-state index contributed by atoms with van der Waals surface area (Å²) in [6, 6.07) is 5.51. The summed E-state index contributed by atoms with van der Waals surface area (Å²) in [6.45, 7) is 4.33. The van der Waals surface area contributed by atoms with Crippen LogP contribution >= 0.6 is 0 Å². The first-order valence-electron chi connectivity index (χ1n) is 10.5. The summed E-state index contributed by atoms with van der Waals surface area (Å²) in [6.07, 6.45) is 12.0. The van der Waals surface area contributed by atoms with Crippen LogP contribution in [0.2, 0.25) is 0 Å². The number of furan rings is 1. The molecule has 2 aliphatic carbocycles. The smallest absolute Gasteiger partial charge is 0.117 e. The van der Waals surface area contributed by atoms with Crippen LogP contribution < -0.4 is 5.32 Å². The quantitative estimate of drug-likeness (QED) is 0.888. The second-order valence-corrected chi connectivity index (χ2v) is 8.73. The Bertz CT molecular complexity index is 541. The second kappa shape index (κ2) is 7.05. The topological polar surface area (TPSA) is 37.6 Å². The lowest BCUT2D eigenvalue weighted by Crippen LogP contribution is -2.64. The Morgan fingerprint density at radius 3 is 2.68 bits per heavy atom. The molecule has 25 heavy (non-hydrogen) atoms. The van der Waals surface area contributed by atoms with Gasteiger partial charge < -0.3 is 14.5 Å². The minimum atomic E-state index is 0.583. The molecule has 0 radical (unpaired) electrons. The van der Waals surface area contributed by atoms with Gasteiger partial charge in [-0.2, -0.15) is 0 Å². The van der Waals surface area contributed by atoms with E-state index < -0.39 is 0 Å². The zero-order chi connectivity index (χ0) is 16.6. The highest BCUT2D eigenvalue weighted by atomic mass is 16.5. The Morgan fingerprint density at radius 2 is 1.92 bits per heavy atom. The third-order valence-electron chi connectivity index (χ3n) is 7.36. The first-order valence-corrected chi connectivity index (χ1v) is 10.5. The molecule has 1 aromatic rings. The van der Waals surface area contributed by atoms with Crippen LogP contribution in [0.4, 0.5) is 0 Å². The van der Waals surface area contributed by atoms with E-state index in [-0.39, 0.29) is 0 Å². The number of fused-ring (bicyclic) bond motifs is 1. The number of nitrogens with one attached hydrogen (secondary N) is 1.